The van der Waals surface area contributed by atoms with Crippen molar-refractivity contribution >= 4 is 17.3 Å². The Kier molecular flexibility index (Phi) is 4.83. The van der Waals surface area contributed by atoms with Crippen LogP contribution >= 0.6 is 0 Å². The number of benzene rings is 1. The molecule has 0 aliphatic carbocycles. The molecule has 1 rings (SSSR count). The summed E-state index contributed by atoms with van der Waals surface area (Å²) in [6.45, 7) is 1.71. The Morgan fingerprint density at radius 1 is 1.58 bits per heavy atom. The van der Waals surface area contributed by atoms with Gasteiger partial charge in [0, 0.05) is 32.0 Å². The summed E-state index contributed by atoms with van der Waals surface area (Å²) >= 11 is 0. The molecular formula is C12H12FN3O3. The molecule has 7 heteroatoms. The fourth-order valence-electron chi connectivity index (χ4n) is 1.29. The number of nitrogens with two attached hydrogens (primary N) is 1. The Balaban J connectivity index is 2.84. The van der Waals surface area contributed by atoms with E-state index in [1.165, 1.54) is 6.92 Å². The highest BCUT2D eigenvalue weighted by molar-refractivity contribution is 5.72. The van der Waals surface area contributed by atoms with Gasteiger partial charge >= 0.3 is 0 Å². The number of nitrogens with zero attached hydrogens (tertiary/aromatic N) is 1. The maximum Gasteiger partial charge on any atom is 0.293 e. The van der Waals surface area contributed by atoms with Crippen molar-refractivity contribution in [2.24, 2.45) is 0 Å². The standard InChI is InChI=1S/C12H12FN3O3/c1-8(17)15-5-3-2-4-9-6-12(16(18)19)11(14)7-10(9)13/h6-7H,3,5,14H2,1H3,(H,15,17). The molecule has 3 N–H and O–H groups in total. The van der Waals surface area contributed by atoms with Crippen molar-refractivity contribution in [2.75, 3.05) is 12.3 Å². The van der Waals surface area contributed by atoms with Gasteiger partial charge in [-0.15, -0.1) is 0 Å². The molecule has 0 heterocycles. The van der Waals surface area contributed by atoms with Gasteiger partial charge < -0.3 is 11.1 Å². The molecule has 6 nitrogen and oxygen atoms in total. The number of nitro groups is 1. The molecule has 1 aromatic carbocycles. The van der Waals surface area contributed by atoms with Crippen molar-refractivity contribution in [1.29, 1.82) is 0 Å². The van der Waals surface area contributed by atoms with Gasteiger partial charge in [0.2, 0.25) is 5.91 Å². The minimum atomic E-state index is -0.713. The summed E-state index contributed by atoms with van der Waals surface area (Å²) < 4.78 is 13.5. The molecule has 0 unspecified atom stereocenters. The van der Waals surface area contributed by atoms with Gasteiger partial charge in [-0.2, -0.15) is 0 Å². The van der Waals surface area contributed by atoms with Gasteiger partial charge in [-0.05, 0) is 0 Å². The van der Waals surface area contributed by atoms with Gasteiger partial charge in [0.15, 0.2) is 0 Å². The maximum absolute atomic E-state index is 13.5. The number of halogens is 1. The Bertz CT molecular complexity index is 576. The van der Waals surface area contributed by atoms with Crippen LogP contribution < -0.4 is 11.1 Å². The number of amides is 1. The molecule has 0 atom stereocenters. The molecule has 0 fully saturated rings. The summed E-state index contributed by atoms with van der Waals surface area (Å²) in [5, 5.41) is 13.2. The van der Waals surface area contributed by atoms with Crippen molar-refractivity contribution in [1.82, 2.24) is 5.32 Å². The van der Waals surface area contributed by atoms with E-state index in [0.717, 1.165) is 12.1 Å². The average molecular weight is 265 g/mol. The lowest BCUT2D eigenvalue weighted by atomic mass is 10.1. The quantitative estimate of drug-likeness (QED) is 0.282. The van der Waals surface area contributed by atoms with Crippen LogP contribution in [0.1, 0.15) is 18.9 Å². The average Bonchev–Trinajstić information content (AvgIpc) is 2.30. The first-order valence-electron chi connectivity index (χ1n) is 5.38. The number of nitrogen functional groups attached to an aromatic ring is 1. The number of hydrogen-bond donors (Lipinski definition) is 2. The van der Waals surface area contributed by atoms with Crippen LogP contribution in [0.15, 0.2) is 12.1 Å². The normalized spacial score (nSPS) is 9.37. The molecular weight excluding hydrogens is 253 g/mol. The first-order chi connectivity index (χ1) is 8.91. The fraction of sp³-hybridized carbons (Fsp3) is 0.250. The topological polar surface area (TPSA) is 98.3 Å². The lowest BCUT2D eigenvalue weighted by Gasteiger charge is -1.99. The van der Waals surface area contributed by atoms with E-state index in [1.807, 2.05) is 0 Å². The molecule has 1 aromatic rings. The maximum atomic E-state index is 13.5. The number of carbonyl (C=O) groups is 1. The summed E-state index contributed by atoms with van der Waals surface area (Å²) in [6.07, 6.45) is 0.317. The van der Waals surface area contributed by atoms with E-state index in [2.05, 4.69) is 17.2 Å². The number of hydrogen-bond acceptors (Lipinski definition) is 4. The summed E-state index contributed by atoms with van der Waals surface area (Å²) in [4.78, 5) is 20.5. The van der Waals surface area contributed by atoms with Crippen LogP contribution in [0.25, 0.3) is 0 Å². The summed E-state index contributed by atoms with van der Waals surface area (Å²) in [5.74, 6) is 4.19. The van der Waals surface area contributed by atoms with E-state index in [4.69, 9.17) is 5.73 Å². The Labute approximate surface area is 108 Å². The summed E-state index contributed by atoms with van der Waals surface area (Å²) in [5.41, 5.74) is 4.60. The SMILES string of the molecule is CC(=O)NCCC#Cc1cc([N+](=O)[O-])c(N)cc1F. The van der Waals surface area contributed by atoms with Gasteiger partial charge in [-0.3, -0.25) is 14.9 Å². The minimum absolute atomic E-state index is 0.0938. The highest BCUT2D eigenvalue weighted by Crippen LogP contribution is 2.24. The third kappa shape index (κ3) is 4.27. The molecule has 100 valence electrons. The zero-order chi connectivity index (χ0) is 14.4. The second-order valence-electron chi connectivity index (χ2n) is 3.68. The lowest BCUT2D eigenvalue weighted by molar-refractivity contribution is -0.384. The zero-order valence-corrected chi connectivity index (χ0v) is 10.2. The Hall–Kier alpha value is -2.62. The van der Waals surface area contributed by atoms with Crippen molar-refractivity contribution in [2.45, 2.75) is 13.3 Å². The van der Waals surface area contributed by atoms with Gasteiger partial charge in [0.1, 0.15) is 11.5 Å². The van der Waals surface area contributed by atoms with Crippen LogP contribution in [0.5, 0.6) is 0 Å². The second-order valence-corrected chi connectivity index (χ2v) is 3.68. The predicted octanol–water partition coefficient (Wildman–Crippen LogP) is 1.19. The minimum Gasteiger partial charge on any atom is -0.393 e. The van der Waals surface area contributed by atoms with E-state index >= 15 is 0 Å². The summed E-state index contributed by atoms with van der Waals surface area (Å²) in [7, 11) is 0. The first-order valence-corrected chi connectivity index (χ1v) is 5.38. The van der Waals surface area contributed by atoms with E-state index in [1.54, 1.807) is 0 Å². The van der Waals surface area contributed by atoms with Crippen LogP contribution in [-0.2, 0) is 4.79 Å². The Morgan fingerprint density at radius 3 is 2.84 bits per heavy atom. The van der Waals surface area contributed by atoms with Crippen LogP contribution in [0.3, 0.4) is 0 Å². The number of rotatable bonds is 3. The van der Waals surface area contributed by atoms with Crippen LogP contribution in [0.4, 0.5) is 15.8 Å². The third-order valence-electron chi connectivity index (χ3n) is 2.16. The van der Waals surface area contributed by atoms with E-state index < -0.39 is 10.7 Å². The van der Waals surface area contributed by atoms with Gasteiger partial charge in [0.05, 0.1) is 10.5 Å². The third-order valence-corrected chi connectivity index (χ3v) is 2.16. The largest absolute Gasteiger partial charge is 0.393 e. The smallest absolute Gasteiger partial charge is 0.293 e. The number of carbonyl (C=O) groups excluding carboxylic acids is 1. The second kappa shape index (κ2) is 6.35. The van der Waals surface area contributed by atoms with Crippen LogP contribution in [0.2, 0.25) is 0 Å². The molecule has 0 aromatic heterocycles. The molecule has 0 aliphatic rings. The number of nitrogens with one attached hydrogen (secondary N) is 1. The molecule has 0 bridgehead atoms. The van der Waals surface area contributed by atoms with Crippen molar-refractivity contribution in [3.05, 3.63) is 33.6 Å². The number of nitro benzene ring substituents is 1. The van der Waals surface area contributed by atoms with Gasteiger partial charge in [0.25, 0.3) is 5.69 Å². The molecule has 0 spiro atoms. The first kappa shape index (κ1) is 14.4. The van der Waals surface area contributed by atoms with Crippen molar-refractivity contribution < 1.29 is 14.1 Å². The highest BCUT2D eigenvalue weighted by atomic mass is 19.1. The van der Waals surface area contributed by atoms with Gasteiger partial charge in [-0.25, -0.2) is 4.39 Å². The lowest BCUT2D eigenvalue weighted by Crippen LogP contribution is -2.20. The highest BCUT2D eigenvalue weighted by Gasteiger charge is 2.15. The molecule has 1 amide bonds. The molecule has 0 saturated heterocycles. The van der Waals surface area contributed by atoms with Gasteiger partial charge in [-0.1, -0.05) is 11.8 Å². The molecule has 0 radical (unpaired) electrons. The molecule has 0 aliphatic heterocycles. The number of anilines is 1. The van der Waals surface area contributed by atoms with Crippen LogP contribution in [0, 0.1) is 27.8 Å². The predicted molar refractivity (Wildman–Crippen MR) is 67.6 cm³/mol. The monoisotopic (exact) mass is 265 g/mol. The van der Waals surface area contributed by atoms with Crippen molar-refractivity contribution in [3.8, 4) is 11.8 Å². The molecule has 0 saturated carbocycles. The van der Waals surface area contributed by atoms with E-state index in [0.29, 0.717) is 13.0 Å². The zero-order valence-electron chi connectivity index (χ0n) is 10.2. The molecule has 19 heavy (non-hydrogen) atoms. The summed E-state index contributed by atoms with van der Waals surface area (Å²) in [6, 6.07) is 1.87. The Morgan fingerprint density at radius 2 is 2.26 bits per heavy atom. The fourth-order valence-corrected chi connectivity index (χ4v) is 1.29. The van der Waals surface area contributed by atoms with E-state index in [9.17, 15) is 19.3 Å². The van der Waals surface area contributed by atoms with Crippen molar-refractivity contribution in [3.63, 3.8) is 0 Å². The van der Waals surface area contributed by atoms with E-state index in [-0.39, 0.29) is 22.8 Å². The van der Waals surface area contributed by atoms with Crippen LogP contribution in [-0.4, -0.2) is 17.4 Å².